The van der Waals surface area contributed by atoms with Gasteiger partial charge in [0.15, 0.2) is 18.1 Å². The summed E-state index contributed by atoms with van der Waals surface area (Å²) in [5.74, 6) is 0. The molecule has 13 heavy (non-hydrogen) atoms. The Morgan fingerprint density at radius 3 is 3.15 bits per heavy atom. The second-order valence-electron chi connectivity index (χ2n) is 2.35. The van der Waals surface area contributed by atoms with E-state index < -0.39 is 6.29 Å². The van der Waals surface area contributed by atoms with Gasteiger partial charge in [0, 0.05) is 0 Å². The number of morpholine rings is 1. The highest BCUT2D eigenvalue weighted by Gasteiger charge is 2.30. The van der Waals surface area contributed by atoms with Crippen molar-refractivity contribution in [1.29, 1.82) is 0 Å². The predicted octanol–water partition coefficient (Wildman–Crippen LogP) is -1.69. The highest BCUT2D eigenvalue weighted by Crippen LogP contribution is 2.05. The summed E-state index contributed by atoms with van der Waals surface area (Å²) >= 11 is 5.31. The predicted molar refractivity (Wildman–Crippen MR) is 41.1 cm³/mol. The molecule has 0 aromatic rings. The molecule has 1 N–H and O–H groups in total. The van der Waals surface area contributed by atoms with Crippen LogP contribution in [0.15, 0.2) is 0 Å². The molecular formula is C5H10ClN3O4. The molecule has 0 aromatic carbocycles. The molecule has 1 heterocycles. The molecule has 1 aliphatic heterocycles. The first-order valence-electron chi connectivity index (χ1n) is 3.67. The van der Waals surface area contributed by atoms with Gasteiger partial charge in [0.05, 0.1) is 6.61 Å². The summed E-state index contributed by atoms with van der Waals surface area (Å²) in [4.78, 5) is 0.104. The monoisotopic (exact) mass is 211 g/mol. The van der Waals surface area contributed by atoms with Gasteiger partial charge >= 0.3 is 0 Å². The first-order valence-corrected chi connectivity index (χ1v) is 4.20. The Bertz CT molecular complexity index is 189. The Labute approximate surface area is 79.6 Å². The van der Waals surface area contributed by atoms with E-state index in [0.717, 1.165) is 0 Å². The molecule has 1 saturated heterocycles. The van der Waals surface area contributed by atoms with Crippen LogP contribution in [0.25, 0.3) is 0 Å². The van der Waals surface area contributed by atoms with E-state index in [2.05, 4.69) is 0 Å². The van der Waals surface area contributed by atoms with Crippen LogP contribution < -0.4 is 5.28 Å². The second kappa shape index (κ2) is 5.05. The van der Waals surface area contributed by atoms with E-state index in [4.69, 9.17) is 21.1 Å². The molecular weight excluding hydrogens is 202 g/mol. The van der Waals surface area contributed by atoms with Crippen molar-refractivity contribution >= 4 is 11.6 Å². The summed E-state index contributed by atoms with van der Waals surface area (Å²) in [6.07, 6.45) is -0.559. The maximum Gasteiger partial charge on any atom is 0.202 e. The van der Waals surface area contributed by atoms with E-state index in [0.29, 0.717) is 13.2 Å². The Kier molecular flexibility index (Phi) is 4.00. The van der Waals surface area contributed by atoms with Crippen molar-refractivity contribution in [2.75, 3.05) is 25.8 Å². The van der Waals surface area contributed by atoms with E-state index in [1.54, 1.807) is 0 Å². The lowest BCUT2D eigenvalue weighted by Crippen LogP contribution is -2.71. The van der Waals surface area contributed by atoms with Crippen LogP contribution in [0, 0.1) is 10.4 Å². The highest BCUT2D eigenvalue weighted by atomic mass is 35.5. The van der Waals surface area contributed by atoms with Crippen LogP contribution in [0.2, 0.25) is 0 Å². The van der Waals surface area contributed by atoms with E-state index in [1.165, 1.54) is 10.3 Å². The molecule has 0 saturated carbocycles. The summed E-state index contributed by atoms with van der Waals surface area (Å²) in [6.45, 7) is 0.855. The van der Waals surface area contributed by atoms with Crippen LogP contribution in [-0.2, 0) is 9.47 Å². The number of hydrogen-bond acceptors (Lipinski definition) is 4. The van der Waals surface area contributed by atoms with Crippen LogP contribution in [0.3, 0.4) is 0 Å². The minimum absolute atomic E-state index is 0.0117. The molecule has 1 aliphatic rings. The van der Waals surface area contributed by atoms with Gasteiger partial charge in [-0.05, 0) is 10.3 Å². The van der Waals surface area contributed by atoms with Crippen LogP contribution in [0.5, 0.6) is 0 Å². The second-order valence-corrected chi connectivity index (χ2v) is 2.57. The number of nitrogens with one attached hydrogen (secondary N) is 1. The standard InChI is InChI=1S/C5H10ClN3O4/c6-4-13-5-3-8(1-2-12-5)9(11)7-10/h5,7H,1-4H2/b9-7+. The Morgan fingerprint density at radius 1 is 1.77 bits per heavy atom. The number of halogens is 1. The van der Waals surface area contributed by atoms with Crippen LogP contribution in [-0.4, -0.2) is 42.0 Å². The van der Waals surface area contributed by atoms with Gasteiger partial charge in [-0.3, -0.25) is 0 Å². The molecule has 0 aliphatic carbocycles. The van der Waals surface area contributed by atoms with Crippen molar-refractivity contribution < 1.29 is 19.7 Å². The molecule has 0 aromatic heterocycles. The minimum Gasteiger partial charge on any atom is -0.665 e. The van der Waals surface area contributed by atoms with E-state index in [9.17, 15) is 10.4 Å². The zero-order valence-electron chi connectivity index (χ0n) is 6.81. The molecule has 0 radical (unpaired) electrons. The van der Waals surface area contributed by atoms with Crippen molar-refractivity contribution in [2.45, 2.75) is 6.29 Å². The largest absolute Gasteiger partial charge is 0.665 e. The van der Waals surface area contributed by atoms with Gasteiger partial charge in [-0.25, -0.2) is 0 Å². The number of ether oxygens (including phenoxy) is 2. The summed E-state index contributed by atoms with van der Waals surface area (Å²) < 4.78 is 10.0. The van der Waals surface area contributed by atoms with E-state index >= 15 is 0 Å². The summed E-state index contributed by atoms with van der Waals surface area (Å²) in [5, 5.41) is 23.2. The molecule has 1 fully saturated rings. The topological polar surface area (TPSA) is 84.8 Å². The molecule has 1 rings (SSSR count). The van der Waals surface area contributed by atoms with Crippen molar-refractivity contribution in [1.82, 2.24) is 5.01 Å². The summed E-state index contributed by atoms with van der Waals surface area (Å²) in [6, 6.07) is -0.0117. The van der Waals surface area contributed by atoms with Crippen molar-refractivity contribution in [3.8, 4) is 0 Å². The van der Waals surface area contributed by atoms with Gasteiger partial charge < -0.3 is 19.9 Å². The number of hydrogen-bond donors (Lipinski definition) is 1. The molecule has 76 valence electrons. The molecule has 7 nitrogen and oxygen atoms in total. The summed E-state index contributed by atoms with van der Waals surface area (Å²) in [7, 11) is 0. The third-order valence-corrected chi connectivity index (χ3v) is 1.72. The van der Waals surface area contributed by atoms with Crippen LogP contribution >= 0.6 is 11.6 Å². The highest BCUT2D eigenvalue weighted by molar-refractivity contribution is 6.17. The van der Waals surface area contributed by atoms with Crippen molar-refractivity contribution in [2.24, 2.45) is 0 Å². The maximum absolute atomic E-state index is 10.8. The lowest BCUT2D eigenvalue weighted by Gasteiger charge is -2.23. The number of rotatable bonds is 3. The molecule has 0 spiro atoms. The smallest absolute Gasteiger partial charge is 0.202 e. The van der Waals surface area contributed by atoms with Crippen molar-refractivity contribution in [3.05, 3.63) is 10.4 Å². The quantitative estimate of drug-likeness (QED) is 0.261. The van der Waals surface area contributed by atoms with E-state index in [-0.39, 0.29) is 17.6 Å². The third kappa shape index (κ3) is 2.87. The fourth-order valence-electron chi connectivity index (χ4n) is 0.999. The number of hydrazine groups is 1. The minimum atomic E-state index is -0.559. The first kappa shape index (κ1) is 10.3. The Hall–Kier alpha value is -0.790. The average molecular weight is 212 g/mol. The van der Waals surface area contributed by atoms with Crippen molar-refractivity contribution in [3.63, 3.8) is 0 Å². The zero-order valence-corrected chi connectivity index (χ0v) is 7.57. The third-order valence-electron chi connectivity index (χ3n) is 1.60. The Balaban J connectivity index is 2.41. The fourth-order valence-corrected chi connectivity index (χ4v) is 1.14. The lowest BCUT2D eigenvalue weighted by molar-refractivity contribution is -1.03. The van der Waals surface area contributed by atoms with E-state index in [1.807, 2.05) is 0 Å². The average Bonchev–Trinajstić information content (AvgIpc) is 2.18. The van der Waals surface area contributed by atoms with Crippen LogP contribution in [0.1, 0.15) is 0 Å². The number of nitrogens with zero attached hydrogens (tertiary/aromatic N) is 2. The van der Waals surface area contributed by atoms with Gasteiger partial charge in [0.1, 0.15) is 6.07 Å². The summed E-state index contributed by atoms with van der Waals surface area (Å²) in [5.41, 5.74) is 0. The van der Waals surface area contributed by atoms with Crippen LogP contribution in [0.4, 0.5) is 0 Å². The molecule has 0 amide bonds. The SMILES string of the molecule is [O-]/[NH+]=[N+](/[O-])N1CCOC(OCCl)C1. The normalized spacial score (nSPS) is 24.8. The van der Waals surface area contributed by atoms with Gasteiger partial charge in [-0.1, -0.05) is 11.6 Å². The van der Waals surface area contributed by atoms with Gasteiger partial charge in [0.25, 0.3) is 0 Å². The van der Waals surface area contributed by atoms with Gasteiger partial charge in [-0.2, -0.15) is 0 Å². The molecule has 8 heteroatoms. The first-order chi connectivity index (χ1) is 6.27. The van der Waals surface area contributed by atoms with Gasteiger partial charge in [-0.15, -0.1) is 0 Å². The number of alkyl halides is 1. The molecule has 1 atom stereocenters. The zero-order chi connectivity index (χ0) is 9.68. The lowest BCUT2D eigenvalue weighted by atomic mass is 10.5. The van der Waals surface area contributed by atoms with Gasteiger partial charge in [0.2, 0.25) is 6.29 Å². The fraction of sp³-hybridized carbons (Fsp3) is 1.00. The molecule has 0 bridgehead atoms. The molecule has 1 unspecified atom stereocenters. The maximum atomic E-state index is 10.8. The Morgan fingerprint density at radius 2 is 2.54 bits per heavy atom.